The third-order valence-corrected chi connectivity index (χ3v) is 8.75. The smallest absolute Gasteiger partial charge is 0.259 e. The number of nitrogens with zero attached hydrogens (tertiary/aromatic N) is 3. The Kier molecular flexibility index (Phi) is 8.18. The number of carbonyl (C=O) groups is 1. The predicted molar refractivity (Wildman–Crippen MR) is 156 cm³/mol. The summed E-state index contributed by atoms with van der Waals surface area (Å²) in [5.74, 6) is -0.648. The molecule has 8 nitrogen and oxygen atoms in total. The molecule has 4 heterocycles. The van der Waals surface area contributed by atoms with Crippen molar-refractivity contribution in [1.82, 2.24) is 20.1 Å². The maximum atomic E-state index is 14.2. The van der Waals surface area contributed by atoms with Gasteiger partial charge in [0.2, 0.25) is 0 Å². The average molecular weight is 579 g/mol. The molecule has 214 valence electrons. The van der Waals surface area contributed by atoms with Crippen LogP contribution in [0.25, 0.3) is 11.0 Å². The molecule has 41 heavy (non-hydrogen) atoms. The van der Waals surface area contributed by atoms with Crippen molar-refractivity contribution in [3.05, 3.63) is 71.3 Å². The Balaban J connectivity index is 1.26. The van der Waals surface area contributed by atoms with Gasteiger partial charge in [-0.3, -0.25) is 9.89 Å². The highest BCUT2D eigenvalue weighted by atomic mass is 32.2. The largest absolute Gasteiger partial charge is 0.381 e. The third kappa shape index (κ3) is 6.37. The van der Waals surface area contributed by atoms with Crippen LogP contribution in [0.4, 0.5) is 20.3 Å². The number of hydrogen-bond acceptors (Lipinski definition) is 7. The summed E-state index contributed by atoms with van der Waals surface area (Å²) in [6.45, 7) is 3.50. The summed E-state index contributed by atoms with van der Waals surface area (Å²) in [5.41, 5.74) is 3.61. The number of rotatable bonds is 7. The number of piperidine rings is 1. The van der Waals surface area contributed by atoms with Crippen molar-refractivity contribution in [3.63, 3.8) is 0 Å². The molecule has 1 amide bonds. The lowest BCUT2D eigenvalue weighted by atomic mass is 9.88. The number of H-pyrrole nitrogens is 1. The summed E-state index contributed by atoms with van der Waals surface area (Å²) >= 11 is 1.00. The normalized spacial score (nSPS) is 17.1. The number of amides is 1. The first-order valence-electron chi connectivity index (χ1n) is 13.9. The van der Waals surface area contributed by atoms with Gasteiger partial charge >= 0.3 is 0 Å². The highest BCUT2D eigenvalue weighted by molar-refractivity contribution is 7.99. The minimum Gasteiger partial charge on any atom is -0.381 e. The molecule has 11 heteroatoms. The Morgan fingerprint density at radius 3 is 2.66 bits per heavy atom. The quantitative estimate of drug-likeness (QED) is 0.246. The highest BCUT2D eigenvalue weighted by Gasteiger charge is 2.23. The van der Waals surface area contributed by atoms with Gasteiger partial charge in [0.05, 0.1) is 16.0 Å². The molecule has 0 atom stereocenters. The van der Waals surface area contributed by atoms with E-state index in [-0.39, 0.29) is 22.7 Å². The van der Waals surface area contributed by atoms with E-state index in [1.54, 1.807) is 12.1 Å². The third-order valence-electron chi connectivity index (χ3n) is 7.78. The first-order chi connectivity index (χ1) is 19.9. The number of benzene rings is 2. The highest BCUT2D eigenvalue weighted by Crippen LogP contribution is 2.33. The van der Waals surface area contributed by atoms with E-state index >= 15 is 0 Å². The number of fused-ring (bicyclic) bond motifs is 1. The second-order valence-electron chi connectivity index (χ2n) is 10.7. The van der Waals surface area contributed by atoms with E-state index in [1.807, 2.05) is 6.07 Å². The monoisotopic (exact) mass is 578 g/mol. The zero-order valence-electron chi connectivity index (χ0n) is 22.8. The molecule has 3 N–H and O–H groups in total. The van der Waals surface area contributed by atoms with Crippen LogP contribution in [-0.2, 0) is 4.74 Å². The molecular weight excluding hydrogens is 546 g/mol. The molecule has 2 saturated heterocycles. The van der Waals surface area contributed by atoms with Gasteiger partial charge < -0.3 is 20.3 Å². The minimum atomic E-state index is -0.535. The van der Waals surface area contributed by atoms with Crippen LogP contribution in [-0.4, -0.2) is 65.4 Å². The molecule has 4 aromatic rings. The first kappa shape index (κ1) is 27.6. The second kappa shape index (κ2) is 12.1. The molecule has 2 aromatic carbocycles. The van der Waals surface area contributed by atoms with Crippen LogP contribution in [0, 0.1) is 11.6 Å². The maximum Gasteiger partial charge on any atom is 0.259 e. The van der Waals surface area contributed by atoms with E-state index in [0.29, 0.717) is 40.8 Å². The van der Waals surface area contributed by atoms with E-state index in [0.717, 1.165) is 74.4 Å². The molecule has 6 rings (SSSR count). The number of anilines is 2. The summed E-state index contributed by atoms with van der Waals surface area (Å²) in [5, 5.41) is 14.1. The zero-order chi connectivity index (χ0) is 28.3. The van der Waals surface area contributed by atoms with Crippen molar-refractivity contribution in [3.8, 4) is 0 Å². The van der Waals surface area contributed by atoms with E-state index in [1.165, 1.54) is 5.56 Å². The van der Waals surface area contributed by atoms with Crippen molar-refractivity contribution in [2.45, 2.75) is 47.6 Å². The molecular formula is C30H32F2N6O2S. The molecule has 0 unspecified atom stereocenters. The van der Waals surface area contributed by atoms with Crippen LogP contribution < -0.4 is 10.6 Å². The molecule has 2 aromatic heterocycles. The summed E-state index contributed by atoms with van der Waals surface area (Å²) in [6, 6.07) is 13.0. The molecule has 2 aliphatic heterocycles. The number of halogens is 2. The standard InChI is InChI=1S/C30H32F2N6O2S/c1-38-12-8-18(9-13-38)19-2-4-22(25(16-19)33-21-10-14-40-15-11-21)30(39)35-29-28-24(36-37-29)6-7-27(34-28)41-26-17-20(31)3-5-23(26)32/h2-7,16-18,21,33H,8-15H2,1H3,(H2,35,36,37,39). The molecule has 2 aliphatic rings. The van der Waals surface area contributed by atoms with Crippen LogP contribution in [0.2, 0.25) is 0 Å². The Bertz CT molecular complexity index is 1550. The average Bonchev–Trinajstić information content (AvgIpc) is 3.37. The number of hydrogen-bond donors (Lipinski definition) is 3. The maximum absolute atomic E-state index is 14.2. The van der Waals surface area contributed by atoms with E-state index in [2.05, 4.69) is 49.9 Å². The lowest BCUT2D eigenvalue weighted by molar-refractivity contribution is 0.0904. The van der Waals surface area contributed by atoms with Gasteiger partial charge in [0, 0.05) is 24.9 Å². The molecule has 0 aliphatic carbocycles. The lowest BCUT2D eigenvalue weighted by Gasteiger charge is -2.30. The number of nitrogens with one attached hydrogen (secondary N) is 3. The molecule has 0 spiro atoms. The van der Waals surface area contributed by atoms with Gasteiger partial charge in [0.1, 0.15) is 22.2 Å². The topological polar surface area (TPSA) is 95.2 Å². The van der Waals surface area contributed by atoms with Gasteiger partial charge in [-0.15, -0.1) is 0 Å². The van der Waals surface area contributed by atoms with Gasteiger partial charge in [-0.25, -0.2) is 13.8 Å². The van der Waals surface area contributed by atoms with Crippen molar-refractivity contribution in [2.24, 2.45) is 0 Å². The van der Waals surface area contributed by atoms with Crippen LogP contribution in [0.3, 0.4) is 0 Å². The van der Waals surface area contributed by atoms with Gasteiger partial charge in [-0.1, -0.05) is 17.8 Å². The molecule has 2 fully saturated rings. The fourth-order valence-corrected chi connectivity index (χ4v) is 6.24. The summed E-state index contributed by atoms with van der Waals surface area (Å²) in [4.78, 5) is 20.7. The van der Waals surface area contributed by atoms with Gasteiger partial charge in [0.25, 0.3) is 5.91 Å². The molecule has 0 bridgehead atoms. The SMILES string of the molecule is CN1CCC(c2ccc(C(=O)Nc3n[nH]c4ccc(Sc5cc(F)ccc5F)nc34)c(NC3CCOCC3)c2)CC1. The van der Waals surface area contributed by atoms with E-state index in [4.69, 9.17) is 4.74 Å². The molecule has 0 saturated carbocycles. The number of aromatic nitrogens is 3. The number of carbonyl (C=O) groups excluding carboxylic acids is 1. The number of aromatic amines is 1. The molecule has 0 radical (unpaired) electrons. The van der Waals surface area contributed by atoms with Crippen molar-refractivity contribution in [2.75, 3.05) is 44.0 Å². The van der Waals surface area contributed by atoms with Crippen LogP contribution in [0.15, 0.2) is 58.5 Å². The van der Waals surface area contributed by atoms with Crippen molar-refractivity contribution < 1.29 is 18.3 Å². The summed E-state index contributed by atoms with van der Waals surface area (Å²) in [7, 11) is 2.15. The van der Waals surface area contributed by atoms with E-state index in [9.17, 15) is 13.6 Å². The lowest BCUT2D eigenvalue weighted by Crippen LogP contribution is -2.30. The van der Waals surface area contributed by atoms with Crippen LogP contribution in [0.5, 0.6) is 0 Å². The van der Waals surface area contributed by atoms with Crippen LogP contribution >= 0.6 is 11.8 Å². The Hall–Kier alpha value is -3.54. The second-order valence-corrected chi connectivity index (χ2v) is 11.7. The Morgan fingerprint density at radius 1 is 1.05 bits per heavy atom. The van der Waals surface area contributed by atoms with Gasteiger partial charge in [-0.05, 0) is 99.8 Å². The fraction of sp³-hybridized carbons (Fsp3) is 0.367. The van der Waals surface area contributed by atoms with Crippen molar-refractivity contribution in [1.29, 1.82) is 0 Å². The Labute approximate surface area is 241 Å². The number of likely N-dealkylation sites (tertiary alicyclic amines) is 1. The van der Waals surface area contributed by atoms with Crippen molar-refractivity contribution >= 4 is 40.2 Å². The summed E-state index contributed by atoms with van der Waals surface area (Å²) < 4.78 is 33.4. The first-order valence-corrected chi connectivity index (χ1v) is 14.7. The van der Waals surface area contributed by atoms with Gasteiger partial charge in [0.15, 0.2) is 5.82 Å². The van der Waals surface area contributed by atoms with Gasteiger partial charge in [-0.2, -0.15) is 5.10 Å². The Morgan fingerprint density at radius 2 is 1.85 bits per heavy atom. The number of pyridine rings is 1. The summed E-state index contributed by atoms with van der Waals surface area (Å²) in [6.07, 6.45) is 3.92. The van der Waals surface area contributed by atoms with E-state index < -0.39 is 11.6 Å². The van der Waals surface area contributed by atoms with Crippen LogP contribution in [0.1, 0.15) is 47.5 Å². The number of ether oxygens (including phenoxy) is 1. The minimum absolute atomic E-state index is 0.124. The predicted octanol–water partition coefficient (Wildman–Crippen LogP) is 6.04. The zero-order valence-corrected chi connectivity index (χ0v) is 23.6. The fourth-order valence-electron chi connectivity index (χ4n) is 5.40.